The van der Waals surface area contributed by atoms with Crippen molar-refractivity contribution in [1.29, 1.82) is 0 Å². The third-order valence-electron chi connectivity index (χ3n) is 4.77. The van der Waals surface area contributed by atoms with Crippen molar-refractivity contribution in [3.63, 3.8) is 0 Å². The van der Waals surface area contributed by atoms with Crippen molar-refractivity contribution in [2.24, 2.45) is 0 Å². The van der Waals surface area contributed by atoms with E-state index < -0.39 is 0 Å². The molecule has 3 heterocycles. The van der Waals surface area contributed by atoms with Crippen molar-refractivity contribution in [2.45, 2.75) is 0 Å². The number of carbonyl (C=O) groups is 1. The minimum absolute atomic E-state index is 0.0134. The monoisotopic (exact) mass is 466 g/mol. The summed E-state index contributed by atoms with van der Waals surface area (Å²) >= 11 is 16.0. The number of carbonyl (C=O) groups excluding carboxylic acids is 1. The number of fused-ring (bicyclic) bond motifs is 1. The van der Waals surface area contributed by atoms with Crippen LogP contribution in [0.5, 0.6) is 0 Å². The molecule has 1 aromatic carbocycles. The predicted octanol–water partition coefficient (Wildman–Crippen LogP) is 4.46. The lowest BCUT2D eigenvalue weighted by atomic mass is 10.2. The first-order chi connectivity index (χ1) is 12.9. The van der Waals surface area contributed by atoms with Crippen LogP contribution in [0.25, 0.3) is 16.9 Å². The van der Waals surface area contributed by atoms with Crippen LogP contribution in [-0.4, -0.2) is 58.3 Å². The molecular weight excluding hydrogens is 451 g/mol. The van der Waals surface area contributed by atoms with E-state index in [9.17, 15) is 4.79 Å². The van der Waals surface area contributed by atoms with Gasteiger partial charge in [-0.25, -0.2) is 4.98 Å². The summed E-state index contributed by atoms with van der Waals surface area (Å²) in [5.74, 6) is -0.0134. The second-order valence-corrected chi connectivity index (χ2v) is 8.22. The van der Waals surface area contributed by atoms with Gasteiger partial charge in [-0.3, -0.25) is 9.20 Å². The van der Waals surface area contributed by atoms with Gasteiger partial charge in [-0.1, -0.05) is 35.3 Å². The van der Waals surface area contributed by atoms with E-state index in [1.165, 1.54) is 0 Å². The lowest BCUT2D eigenvalue weighted by molar-refractivity contribution is 0.0663. The van der Waals surface area contributed by atoms with E-state index in [1.807, 2.05) is 33.6 Å². The molecule has 0 N–H and O–H groups in total. The third-order valence-corrected chi connectivity index (χ3v) is 6.06. The van der Waals surface area contributed by atoms with Gasteiger partial charge in [0.15, 0.2) is 5.65 Å². The molecule has 8 heteroatoms. The quantitative estimate of drug-likeness (QED) is 0.558. The normalized spacial score (nSPS) is 15.5. The zero-order valence-corrected chi connectivity index (χ0v) is 17.7. The van der Waals surface area contributed by atoms with Gasteiger partial charge in [0.1, 0.15) is 10.3 Å². The molecule has 0 bridgehead atoms. The van der Waals surface area contributed by atoms with Crippen LogP contribution in [0.4, 0.5) is 0 Å². The predicted molar refractivity (Wildman–Crippen MR) is 112 cm³/mol. The Labute approximate surface area is 175 Å². The average molecular weight is 468 g/mol. The van der Waals surface area contributed by atoms with E-state index in [-0.39, 0.29) is 5.91 Å². The van der Waals surface area contributed by atoms with E-state index in [2.05, 4.69) is 32.9 Å². The molecule has 1 fully saturated rings. The molecule has 1 aliphatic rings. The highest BCUT2D eigenvalue weighted by molar-refractivity contribution is 9.10. The van der Waals surface area contributed by atoms with Gasteiger partial charge in [-0.15, -0.1) is 0 Å². The fourth-order valence-electron chi connectivity index (χ4n) is 3.18. The molecule has 140 valence electrons. The van der Waals surface area contributed by atoms with E-state index in [0.29, 0.717) is 34.3 Å². The highest BCUT2D eigenvalue weighted by atomic mass is 79.9. The number of imidazole rings is 1. The van der Waals surface area contributed by atoms with Gasteiger partial charge in [0.05, 0.1) is 10.6 Å². The van der Waals surface area contributed by atoms with E-state index in [0.717, 1.165) is 29.0 Å². The van der Waals surface area contributed by atoms with E-state index in [4.69, 9.17) is 23.2 Å². The average Bonchev–Trinajstić information content (AvgIpc) is 3.00. The molecule has 0 aliphatic carbocycles. The molecular formula is C19H17BrCl2N4O. The number of amides is 1. The van der Waals surface area contributed by atoms with Crippen molar-refractivity contribution in [2.75, 3.05) is 33.2 Å². The second-order valence-electron chi connectivity index (χ2n) is 6.62. The van der Waals surface area contributed by atoms with Gasteiger partial charge in [0.25, 0.3) is 5.91 Å². The topological polar surface area (TPSA) is 40.8 Å². The fraction of sp³-hybridized carbons (Fsp3) is 0.263. The zero-order valence-electron chi connectivity index (χ0n) is 14.6. The summed E-state index contributed by atoms with van der Waals surface area (Å²) in [5.41, 5.74) is 2.82. The Morgan fingerprint density at radius 2 is 1.78 bits per heavy atom. The van der Waals surface area contributed by atoms with Gasteiger partial charge in [-0.05, 0) is 41.2 Å². The summed E-state index contributed by atoms with van der Waals surface area (Å²) in [5, 5.41) is 1.10. The number of likely N-dealkylation sites (N-methyl/N-ethyl adjacent to an activating group) is 1. The molecule has 4 rings (SSSR count). The van der Waals surface area contributed by atoms with Crippen molar-refractivity contribution in [3.05, 3.63) is 56.7 Å². The maximum absolute atomic E-state index is 12.9. The van der Waals surface area contributed by atoms with Crippen molar-refractivity contribution >= 4 is 50.7 Å². The number of hydrogen-bond acceptors (Lipinski definition) is 3. The Hall–Kier alpha value is -1.60. The van der Waals surface area contributed by atoms with Crippen LogP contribution in [0.3, 0.4) is 0 Å². The number of nitrogens with zero attached hydrogens (tertiary/aromatic N) is 4. The Kier molecular flexibility index (Phi) is 5.16. The lowest BCUT2D eigenvalue weighted by Crippen LogP contribution is -2.47. The summed E-state index contributed by atoms with van der Waals surface area (Å²) in [6.07, 6.45) is 1.79. The van der Waals surface area contributed by atoms with Crippen LogP contribution in [0, 0.1) is 0 Å². The van der Waals surface area contributed by atoms with Crippen LogP contribution >= 0.6 is 39.1 Å². The molecule has 1 aliphatic heterocycles. The SMILES string of the molecule is CN1CCN(C(=O)c2cc(Cl)c3nc(-c4ccc(Cl)cc4)c(Br)n3c2)CC1. The van der Waals surface area contributed by atoms with Crippen molar-refractivity contribution < 1.29 is 4.79 Å². The highest BCUT2D eigenvalue weighted by Gasteiger charge is 2.23. The summed E-state index contributed by atoms with van der Waals surface area (Å²) in [4.78, 5) is 21.6. The number of piperazine rings is 1. The minimum atomic E-state index is -0.0134. The Morgan fingerprint density at radius 3 is 2.44 bits per heavy atom. The summed E-state index contributed by atoms with van der Waals surface area (Å²) < 4.78 is 2.56. The lowest BCUT2D eigenvalue weighted by Gasteiger charge is -2.32. The standard InChI is InChI=1S/C19H17BrCl2N4O/c1-24-6-8-25(9-7-24)19(27)13-10-15(22)18-23-16(17(20)26(18)11-13)12-2-4-14(21)5-3-12/h2-5,10-11H,6-9H2,1H3. The number of pyridine rings is 1. The third kappa shape index (κ3) is 3.59. The maximum Gasteiger partial charge on any atom is 0.255 e. The highest BCUT2D eigenvalue weighted by Crippen LogP contribution is 2.32. The molecule has 0 spiro atoms. The number of hydrogen-bond donors (Lipinski definition) is 0. The first-order valence-electron chi connectivity index (χ1n) is 8.55. The Balaban J connectivity index is 1.74. The number of halogens is 3. The summed E-state index contributed by atoms with van der Waals surface area (Å²) in [7, 11) is 2.06. The van der Waals surface area contributed by atoms with Gasteiger partial charge in [0.2, 0.25) is 0 Å². The largest absolute Gasteiger partial charge is 0.336 e. The first-order valence-corrected chi connectivity index (χ1v) is 10.1. The molecule has 0 radical (unpaired) electrons. The maximum atomic E-state index is 12.9. The number of rotatable bonds is 2. The Morgan fingerprint density at radius 1 is 1.11 bits per heavy atom. The van der Waals surface area contributed by atoms with Gasteiger partial charge < -0.3 is 9.80 Å². The number of benzene rings is 1. The summed E-state index contributed by atoms with van der Waals surface area (Å²) in [6.45, 7) is 3.17. The molecule has 0 atom stereocenters. The van der Waals surface area contributed by atoms with E-state index in [1.54, 1.807) is 12.3 Å². The van der Waals surface area contributed by atoms with Crippen LogP contribution in [-0.2, 0) is 0 Å². The molecule has 1 amide bonds. The molecule has 3 aromatic rings. The molecule has 1 saturated heterocycles. The first kappa shape index (κ1) is 18.7. The van der Waals surface area contributed by atoms with Gasteiger partial charge in [0, 0.05) is 43.0 Å². The second kappa shape index (κ2) is 7.43. The fourth-order valence-corrected chi connectivity index (χ4v) is 4.14. The van der Waals surface area contributed by atoms with Crippen LogP contribution in [0.15, 0.2) is 41.1 Å². The van der Waals surface area contributed by atoms with E-state index >= 15 is 0 Å². The molecule has 0 saturated carbocycles. The Bertz CT molecular complexity index is 1010. The number of aromatic nitrogens is 2. The van der Waals surface area contributed by atoms with Crippen LogP contribution < -0.4 is 0 Å². The van der Waals surface area contributed by atoms with Gasteiger partial charge >= 0.3 is 0 Å². The van der Waals surface area contributed by atoms with Gasteiger partial charge in [-0.2, -0.15) is 0 Å². The molecule has 0 unspecified atom stereocenters. The molecule has 5 nitrogen and oxygen atoms in total. The minimum Gasteiger partial charge on any atom is -0.336 e. The zero-order chi connectivity index (χ0) is 19.1. The molecule has 27 heavy (non-hydrogen) atoms. The smallest absolute Gasteiger partial charge is 0.255 e. The molecule has 2 aromatic heterocycles. The van der Waals surface area contributed by atoms with Crippen LogP contribution in [0.2, 0.25) is 10.0 Å². The van der Waals surface area contributed by atoms with Crippen molar-refractivity contribution in [1.82, 2.24) is 19.2 Å². The summed E-state index contributed by atoms with van der Waals surface area (Å²) in [6, 6.07) is 9.13. The van der Waals surface area contributed by atoms with Crippen molar-refractivity contribution in [3.8, 4) is 11.3 Å². The van der Waals surface area contributed by atoms with Crippen LogP contribution in [0.1, 0.15) is 10.4 Å².